The van der Waals surface area contributed by atoms with Crippen LogP contribution in [0.15, 0.2) is 24.3 Å². The number of hydrogen-bond acceptors (Lipinski definition) is 4. The van der Waals surface area contributed by atoms with Crippen molar-refractivity contribution in [1.29, 1.82) is 0 Å². The van der Waals surface area contributed by atoms with Gasteiger partial charge in [-0.1, -0.05) is 12.1 Å². The molecule has 1 aromatic carbocycles. The molecule has 0 bridgehead atoms. The molecule has 1 unspecified atom stereocenters. The third kappa shape index (κ3) is 6.38. The van der Waals surface area contributed by atoms with Gasteiger partial charge in [0.15, 0.2) is 0 Å². The number of likely N-dealkylation sites (N-methyl/N-ethyl adjacent to an activating group) is 1. The van der Waals surface area contributed by atoms with E-state index in [0.717, 1.165) is 43.7 Å². The quantitative estimate of drug-likeness (QED) is 0.818. The van der Waals surface area contributed by atoms with Gasteiger partial charge in [0, 0.05) is 20.0 Å². The lowest BCUT2D eigenvalue weighted by Gasteiger charge is -2.24. The number of carbonyl (C=O) groups is 2. The fourth-order valence-corrected chi connectivity index (χ4v) is 3.24. The Morgan fingerprint density at radius 3 is 2.60 bits per heavy atom. The Bertz CT molecular complexity index is 573. The van der Waals surface area contributed by atoms with Gasteiger partial charge in [-0.05, 0) is 56.0 Å². The van der Waals surface area contributed by atoms with Crippen LogP contribution in [-0.4, -0.2) is 60.6 Å². The van der Waals surface area contributed by atoms with E-state index in [2.05, 4.69) is 4.90 Å². The van der Waals surface area contributed by atoms with Crippen LogP contribution in [0.1, 0.15) is 31.2 Å². The lowest BCUT2D eigenvalue weighted by molar-refractivity contribution is -0.138. The predicted molar refractivity (Wildman–Crippen MR) is 95.5 cm³/mol. The molecule has 6 heteroatoms. The van der Waals surface area contributed by atoms with Crippen LogP contribution in [-0.2, 0) is 16.1 Å². The number of carboxylic acids is 1. The van der Waals surface area contributed by atoms with Crippen molar-refractivity contribution in [3.63, 3.8) is 0 Å². The molecule has 1 heterocycles. The molecule has 1 fully saturated rings. The summed E-state index contributed by atoms with van der Waals surface area (Å²) in [4.78, 5) is 27.2. The van der Waals surface area contributed by atoms with Crippen LogP contribution in [0.4, 0.5) is 0 Å². The Balaban J connectivity index is 1.80. The first kappa shape index (κ1) is 19.2. The number of amides is 1. The van der Waals surface area contributed by atoms with Gasteiger partial charge < -0.3 is 14.7 Å². The first-order chi connectivity index (χ1) is 12.0. The first-order valence-corrected chi connectivity index (χ1v) is 8.79. The van der Waals surface area contributed by atoms with E-state index in [1.807, 2.05) is 31.3 Å². The van der Waals surface area contributed by atoms with Gasteiger partial charge in [-0.2, -0.15) is 0 Å². The Hall–Kier alpha value is -2.08. The summed E-state index contributed by atoms with van der Waals surface area (Å²) in [7, 11) is 3.45. The molecular formula is C19H28N2O4. The van der Waals surface area contributed by atoms with Crippen molar-refractivity contribution in [2.45, 2.75) is 32.2 Å². The minimum atomic E-state index is -0.728. The lowest BCUT2D eigenvalue weighted by Crippen LogP contribution is -2.38. The summed E-state index contributed by atoms with van der Waals surface area (Å²) < 4.78 is 5.14. The summed E-state index contributed by atoms with van der Waals surface area (Å²) in [5.74, 6) is 0.397. The minimum Gasteiger partial charge on any atom is -0.497 e. The van der Waals surface area contributed by atoms with E-state index >= 15 is 0 Å². The zero-order valence-electron chi connectivity index (χ0n) is 15.1. The molecule has 1 amide bonds. The van der Waals surface area contributed by atoms with Gasteiger partial charge in [-0.15, -0.1) is 0 Å². The number of nitrogens with zero attached hydrogens (tertiary/aromatic N) is 2. The van der Waals surface area contributed by atoms with E-state index in [0.29, 0.717) is 13.1 Å². The topological polar surface area (TPSA) is 70.1 Å². The first-order valence-electron chi connectivity index (χ1n) is 8.79. The summed E-state index contributed by atoms with van der Waals surface area (Å²) in [6, 6.07) is 7.71. The monoisotopic (exact) mass is 348 g/mol. The smallest absolute Gasteiger partial charge is 0.303 e. The Labute approximate surface area is 149 Å². The third-order valence-corrected chi connectivity index (χ3v) is 4.77. The van der Waals surface area contributed by atoms with Crippen molar-refractivity contribution in [2.75, 3.05) is 33.8 Å². The molecule has 25 heavy (non-hydrogen) atoms. The third-order valence-electron chi connectivity index (χ3n) is 4.77. The van der Waals surface area contributed by atoms with Gasteiger partial charge in [0.2, 0.25) is 5.91 Å². The Morgan fingerprint density at radius 1 is 1.24 bits per heavy atom. The van der Waals surface area contributed by atoms with E-state index in [-0.39, 0.29) is 18.2 Å². The average Bonchev–Trinajstić information content (AvgIpc) is 2.80. The van der Waals surface area contributed by atoms with Crippen molar-refractivity contribution in [3.05, 3.63) is 29.8 Å². The summed E-state index contributed by atoms with van der Waals surface area (Å²) in [6.07, 6.45) is 2.97. The molecule has 0 saturated carbocycles. The van der Waals surface area contributed by atoms with Crippen molar-refractivity contribution in [2.24, 2.45) is 5.92 Å². The fraction of sp³-hybridized carbons (Fsp3) is 0.579. The normalized spacial score (nSPS) is 18.4. The molecule has 1 N–H and O–H groups in total. The predicted octanol–water partition coefficient (Wildman–Crippen LogP) is 2.23. The number of ether oxygens (including phenoxy) is 1. The molecule has 1 aliphatic rings. The SMILES string of the molecule is COc1ccc(CN(C)C(=O)CN2CCCC(CC(=O)O)CC2)cc1. The largest absolute Gasteiger partial charge is 0.497 e. The maximum atomic E-state index is 12.5. The second kappa shape index (κ2) is 9.42. The fourth-order valence-electron chi connectivity index (χ4n) is 3.24. The zero-order chi connectivity index (χ0) is 18.2. The Morgan fingerprint density at radius 2 is 1.96 bits per heavy atom. The highest BCUT2D eigenvalue weighted by Gasteiger charge is 2.21. The maximum absolute atomic E-state index is 12.5. The van der Waals surface area contributed by atoms with Crippen LogP contribution in [0.3, 0.4) is 0 Å². The lowest BCUT2D eigenvalue weighted by atomic mass is 9.97. The van der Waals surface area contributed by atoms with Crippen molar-refractivity contribution < 1.29 is 19.4 Å². The highest BCUT2D eigenvalue weighted by molar-refractivity contribution is 5.78. The highest BCUT2D eigenvalue weighted by Crippen LogP contribution is 2.20. The number of aliphatic carboxylic acids is 1. The highest BCUT2D eigenvalue weighted by atomic mass is 16.5. The van der Waals surface area contributed by atoms with E-state index in [1.165, 1.54) is 0 Å². The van der Waals surface area contributed by atoms with Gasteiger partial charge in [-0.25, -0.2) is 0 Å². The van der Waals surface area contributed by atoms with Crippen LogP contribution >= 0.6 is 0 Å². The van der Waals surface area contributed by atoms with Crippen LogP contribution in [0.5, 0.6) is 5.75 Å². The molecule has 0 spiro atoms. The van der Waals surface area contributed by atoms with Crippen molar-refractivity contribution >= 4 is 11.9 Å². The summed E-state index contributed by atoms with van der Waals surface area (Å²) in [6.45, 7) is 2.61. The second-order valence-electron chi connectivity index (χ2n) is 6.77. The van der Waals surface area contributed by atoms with Gasteiger partial charge in [0.1, 0.15) is 5.75 Å². The molecule has 1 atom stereocenters. The van der Waals surface area contributed by atoms with Crippen LogP contribution in [0, 0.1) is 5.92 Å². The number of carboxylic acid groups (broad SMARTS) is 1. The number of benzene rings is 1. The van der Waals surface area contributed by atoms with E-state index in [9.17, 15) is 9.59 Å². The summed E-state index contributed by atoms with van der Waals surface area (Å²) in [5, 5.41) is 8.93. The molecule has 2 rings (SSSR count). The molecule has 0 radical (unpaired) electrons. The molecule has 0 aromatic heterocycles. The Kier molecular flexibility index (Phi) is 7.25. The average molecular weight is 348 g/mol. The second-order valence-corrected chi connectivity index (χ2v) is 6.77. The van der Waals surface area contributed by atoms with Crippen LogP contribution in [0.2, 0.25) is 0 Å². The molecule has 1 saturated heterocycles. The molecule has 0 aliphatic carbocycles. The van der Waals surface area contributed by atoms with E-state index < -0.39 is 5.97 Å². The molecule has 6 nitrogen and oxygen atoms in total. The number of hydrogen-bond donors (Lipinski definition) is 1. The standard InChI is InChI=1S/C19H28N2O4/c1-20(13-16-5-7-17(25-2)8-6-16)18(22)14-21-10-3-4-15(9-11-21)12-19(23)24/h5-8,15H,3-4,9-14H2,1-2H3,(H,23,24). The molecule has 1 aliphatic heterocycles. The molecule has 138 valence electrons. The van der Waals surface area contributed by atoms with E-state index in [1.54, 1.807) is 12.0 Å². The number of carbonyl (C=O) groups excluding carboxylic acids is 1. The number of rotatable bonds is 7. The minimum absolute atomic E-state index is 0.0903. The van der Waals surface area contributed by atoms with Crippen molar-refractivity contribution in [1.82, 2.24) is 9.80 Å². The number of methoxy groups -OCH3 is 1. The number of likely N-dealkylation sites (tertiary alicyclic amines) is 1. The summed E-state index contributed by atoms with van der Waals surface area (Å²) in [5.41, 5.74) is 1.06. The van der Waals surface area contributed by atoms with Gasteiger partial charge in [-0.3, -0.25) is 14.5 Å². The van der Waals surface area contributed by atoms with Gasteiger partial charge in [0.25, 0.3) is 0 Å². The van der Waals surface area contributed by atoms with E-state index in [4.69, 9.17) is 9.84 Å². The summed E-state index contributed by atoms with van der Waals surface area (Å²) >= 11 is 0. The van der Waals surface area contributed by atoms with Gasteiger partial charge in [0.05, 0.1) is 13.7 Å². The van der Waals surface area contributed by atoms with Crippen LogP contribution < -0.4 is 4.74 Å². The molecule has 1 aromatic rings. The molecular weight excluding hydrogens is 320 g/mol. The van der Waals surface area contributed by atoms with Crippen molar-refractivity contribution in [3.8, 4) is 5.75 Å². The maximum Gasteiger partial charge on any atom is 0.303 e. The van der Waals surface area contributed by atoms with Crippen LogP contribution in [0.25, 0.3) is 0 Å². The zero-order valence-corrected chi connectivity index (χ0v) is 15.1. The van der Waals surface area contributed by atoms with Gasteiger partial charge >= 0.3 is 5.97 Å².